The third-order valence-electron chi connectivity index (χ3n) is 2.49. The molecule has 0 saturated carbocycles. The second kappa shape index (κ2) is 8.61. The Kier molecular flexibility index (Phi) is 7.49. The summed E-state index contributed by atoms with van der Waals surface area (Å²) in [4.78, 5) is 12.8. The van der Waals surface area contributed by atoms with E-state index in [0.717, 1.165) is 16.6 Å². The van der Waals surface area contributed by atoms with E-state index in [0.29, 0.717) is 0 Å². The van der Waals surface area contributed by atoms with E-state index in [1.54, 1.807) is 11.8 Å². The molecule has 0 aliphatic rings. The summed E-state index contributed by atoms with van der Waals surface area (Å²) in [6.45, 7) is 4.05. The van der Waals surface area contributed by atoms with E-state index < -0.39 is 0 Å². The van der Waals surface area contributed by atoms with Gasteiger partial charge in [0.05, 0.1) is 7.11 Å². The van der Waals surface area contributed by atoms with Crippen LogP contribution in [0.25, 0.3) is 0 Å². The van der Waals surface area contributed by atoms with Crippen LogP contribution in [0.4, 0.5) is 0 Å². The number of hydrogen-bond donors (Lipinski definition) is 1. The fourth-order valence-corrected chi connectivity index (χ4v) is 3.19. The predicted octanol–water partition coefficient (Wildman–Crippen LogP) is 3.47. The molecule has 1 atom stereocenters. The number of benzene rings is 1. The number of rotatable bonds is 7. The average molecular weight is 346 g/mol. The van der Waals surface area contributed by atoms with Gasteiger partial charge in [-0.3, -0.25) is 4.79 Å². The lowest BCUT2D eigenvalue weighted by molar-refractivity contribution is -0.143. The van der Waals surface area contributed by atoms with Crippen molar-refractivity contribution in [2.24, 2.45) is 0 Å². The Bertz CT molecular complexity index is 412. The first-order chi connectivity index (χ1) is 9.02. The minimum absolute atomic E-state index is 0.191. The van der Waals surface area contributed by atoms with Crippen LogP contribution >= 0.6 is 27.7 Å². The molecule has 0 aromatic heterocycles. The summed E-state index contributed by atoms with van der Waals surface area (Å²) in [6, 6.07) is 8.19. The Morgan fingerprint density at radius 2 is 2.21 bits per heavy atom. The molecule has 1 aromatic rings. The fraction of sp³-hybridized carbons (Fsp3) is 0.500. The molecule has 1 unspecified atom stereocenters. The summed E-state index contributed by atoms with van der Waals surface area (Å²) in [5, 5.41) is 3.23. The van der Waals surface area contributed by atoms with Crippen molar-refractivity contribution in [2.75, 3.05) is 12.9 Å². The van der Waals surface area contributed by atoms with Crippen LogP contribution in [-0.2, 0) is 9.53 Å². The van der Waals surface area contributed by atoms with Crippen LogP contribution in [0.2, 0.25) is 0 Å². The first-order valence-corrected chi connectivity index (χ1v) is 8.03. The zero-order valence-electron chi connectivity index (χ0n) is 11.5. The van der Waals surface area contributed by atoms with Crippen molar-refractivity contribution in [3.05, 3.63) is 28.7 Å². The van der Waals surface area contributed by atoms with Gasteiger partial charge in [-0.1, -0.05) is 35.8 Å². The molecule has 0 aliphatic carbocycles. The van der Waals surface area contributed by atoms with Crippen LogP contribution in [0.5, 0.6) is 0 Å². The van der Waals surface area contributed by atoms with Crippen molar-refractivity contribution >= 4 is 33.7 Å². The van der Waals surface area contributed by atoms with E-state index in [1.165, 1.54) is 12.0 Å². The maximum Gasteiger partial charge on any atom is 0.322 e. The standard InChI is InChI=1S/C14H20BrNO2S/c1-10(2)16-13(14(17)18-3)7-8-19-12-6-4-5-11(15)9-12/h4-6,9-10,13,16H,7-8H2,1-3H3. The Hall–Kier alpha value is -0.520. The zero-order chi connectivity index (χ0) is 14.3. The molecule has 3 nitrogen and oxygen atoms in total. The molecular formula is C14H20BrNO2S. The van der Waals surface area contributed by atoms with Gasteiger partial charge in [0.1, 0.15) is 6.04 Å². The molecule has 0 aliphatic heterocycles. The molecule has 0 spiro atoms. The monoisotopic (exact) mass is 345 g/mol. The Morgan fingerprint density at radius 1 is 1.47 bits per heavy atom. The number of methoxy groups -OCH3 is 1. The van der Waals surface area contributed by atoms with Gasteiger partial charge in [0.2, 0.25) is 0 Å². The highest BCUT2D eigenvalue weighted by molar-refractivity contribution is 9.10. The molecule has 0 radical (unpaired) electrons. The lowest BCUT2D eigenvalue weighted by Gasteiger charge is -2.18. The van der Waals surface area contributed by atoms with Crippen LogP contribution in [0.3, 0.4) is 0 Å². The molecular weight excluding hydrogens is 326 g/mol. The highest BCUT2D eigenvalue weighted by Crippen LogP contribution is 2.23. The van der Waals surface area contributed by atoms with Gasteiger partial charge in [-0.2, -0.15) is 0 Å². The van der Waals surface area contributed by atoms with Crippen molar-refractivity contribution in [1.29, 1.82) is 0 Å². The van der Waals surface area contributed by atoms with Crippen molar-refractivity contribution in [3.63, 3.8) is 0 Å². The number of hydrogen-bond acceptors (Lipinski definition) is 4. The van der Waals surface area contributed by atoms with Gasteiger partial charge in [0, 0.05) is 21.2 Å². The van der Waals surface area contributed by atoms with Crippen LogP contribution in [0.15, 0.2) is 33.6 Å². The normalized spacial score (nSPS) is 12.5. The number of nitrogens with one attached hydrogen (secondary N) is 1. The molecule has 0 saturated heterocycles. The highest BCUT2D eigenvalue weighted by atomic mass is 79.9. The first kappa shape index (κ1) is 16.5. The number of carbonyl (C=O) groups excluding carboxylic acids is 1. The van der Waals surface area contributed by atoms with Crippen molar-refractivity contribution < 1.29 is 9.53 Å². The van der Waals surface area contributed by atoms with Gasteiger partial charge in [-0.15, -0.1) is 11.8 Å². The van der Waals surface area contributed by atoms with E-state index in [9.17, 15) is 4.79 Å². The molecule has 1 aromatic carbocycles. The molecule has 0 heterocycles. The minimum atomic E-state index is -0.232. The molecule has 1 rings (SSSR count). The summed E-state index contributed by atoms with van der Waals surface area (Å²) in [5.41, 5.74) is 0. The van der Waals surface area contributed by atoms with E-state index >= 15 is 0 Å². The van der Waals surface area contributed by atoms with Crippen LogP contribution in [0.1, 0.15) is 20.3 Å². The van der Waals surface area contributed by atoms with Gasteiger partial charge < -0.3 is 10.1 Å². The Balaban J connectivity index is 2.45. The maximum atomic E-state index is 11.6. The number of ether oxygens (including phenoxy) is 1. The van der Waals surface area contributed by atoms with E-state index in [-0.39, 0.29) is 18.1 Å². The smallest absolute Gasteiger partial charge is 0.322 e. The molecule has 5 heteroatoms. The Morgan fingerprint density at radius 3 is 2.79 bits per heavy atom. The van der Waals surface area contributed by atoms with Crippen LogP contribution < -0.4 is 5.32 Å². The summed E-state index contributed by atoms with van der Waals surface area (Å²) in [5.74, 6) is 0.680. The minimum Gasteiger partial charge on any atom is -0.468 e. The highest BCUT2D eigenvalue weighted by Gasteiger charge is 2.19. The van der Waals surface area contributed by atoms with Crippen LogP contribution in [0, 0.1) is 0 Å². The van der Waals surface area contributed by atoms with E-state index in [4.69, 9.17) is 4.74 Å². The first-order valence-electron chi connectivity index (χ1n) is 6.25. The third kappa shape index (κ3) is 6.45. The van der Waals surface area contributed by atoms with Gasteiger partial charge in [-0.25, -0.2) is 0 Å². The molecule has 19 heavy (non-hydrogen) atoms. The van der Waals surface area contributed by atoms with Gasteiger partial charge >= 0.3 is 5.97 Å². The third-order valence-corrected chi connectivity index (χ3v) is 4.01. The zero-order valence-corrected chi connectivity index (χ0v) is 13.9. The number of thioether (sulfide) groups is 1. The largest absolute Gasteiger partial charge is 0.468 e. The van der Waals surface area contributed by atoms with E-state index in [2.05, 4.69) is 33.4 Å². The summed E-state index contributed by atoms with van der Waals surface area (Å²) < 4.78 is 5.89. The fourth-order valence-electron chi connectivity index (χ4n) is 1.67. The molecule has 0 bridgehead atoms. The quantitative estimate of drug-likeness (QED) is 0.606. The average Bonchev–Trinajstić information content (AvgIpc) is 2.36. The van der Waals surface area contributed by atoms with Crippen molar-refractivity contribution in [1.82, 2.24) is 5.32 Å². The summed E-state index contributed by atoms with van der Waals surface area (Å²) >= 11 is 5.19. The summed E-state index contributed by atoms with van der Waals surface area (Å²) in [6.07, 6.45) is 0.752. The maximum absolute atomic E-state index is 11.6. The van der Waals surface area contributed by atoms with Gasteiger partial charge in [0.15, 0.2) is 0 Å². The second-order valence-corrected chi connectivity index (χ2v) is 6.58. The van der Waals surface area contributed by atoms with Crippen molar-refractivity contribution in [2.45, 2.75) is 37.2 Å². The van der Waals surface area contributed by atoms with Gasteiger partial charge in [-0.05, 0) is 24.6 Å². The Labute approximate surface area is 127 Å². The molecule has 1 N–H and O–H groups in total. The van der Waals surface area contributed by atoms with E-state index in [1.807, 2.05) is 26.0 Å². The van der Waals surface area contributed by atoms with Crippen molar-refractivity contribution in [3.8, 4) is 0 Å². The molecule has 0 amide bonds. The lowest BCUT2D eigenvalue weighted by atomic mass is 10.2. The number of halogens is 1. The van der Waals surface area contributed by atoms with Crippen LogP contribution in [-0.4, -0.2) is 30.9 Å². The lowest BCUT2D eigenvalue weighted by Crippen LogP contribution is -2.41. The molecule has 0 fully saturated rings. The number of esters is 1. The number of carbonyl (C=O) groups is 1. The second-order valence-electron chi connectivity index (χ2n) is 4.49. The summed E-state index contributed by atoms with van der Waals surface area (Å²) in [7, 11) is 1.43. The SMILES string of the molecule is COC(=O)C(CCSc1cccc(Br)c1)NC(C)C. The topological polar surface area (TPSA) is 38.3 Å². The molecule has 106 valence electrons. The van der Waals surface area contributed by atoms with Gasteiger partial charge in [0.25, 0.3) is 0 Å². The predicted molar refractivity (Wildman–Crippen MR) is 83.6 cm³/mol.